The highest BCUT2D eigenvalue weighted by molar-refractivity contribution is 4.83. The molecule has 0 aliphatic carbocycles. The van der Waals surface area contributed by atoms with Crippen LogP contribution in [0.2, 0.25) is 0 Å². The van der Waals surface area contributed by atoms with Crippen molar-refractivity contribution in [3.63, 3.8) is 0 Å². The van der Waals surface area contributed by atoms with E-state index in [1.807, 2.05) is 0 Å². The summed E-state index contributed by atoms with van der Waals surface area (Å²) in [5, 5.41) is 13.3. The summed E-state index contributed by atoms with van der Waals surface area (Å²) in [5.74, 6) is 0. The first-order valence-corrected chi connectivity index (χ1v) is 7.76. The zero-order valence-electron chi connectivity index (χ0n) is 12.5. The van der Waals surface area contributed by atoms with E-state index in [2.05, 4.69) is 31.0 Å². The van der Waals surface area contributed by atoms with Crippen LogP contribution < -0.4 is 5.32 Å². The van der Waals surface area contributed by atoms with Crippen molar-refractivity contribution in [3.8, 4) is 0 Å². The molecule has 0 bridgehead atoms. The molecule has 1 aliphatic heterocycles. The third-order valence-corrected chi connectivity index (χ3v) is 4.73. The van der Waals surface area contributed by atoms with Crippen LogP contribution in [0.15, 0.2) is 0 Å². The monoisotopic (exact) mass is 256 g/mol. The molecule has 1 heterocycles. The predicted molar refractivity (Wildman–Crippen MR) is 77.9 cm³/mol. The number of hydrogen-bond acceptors (Lipinski definition) is 3. The van der Waals surface area contributed by atoms with Crippen LogP contribution in [0.5, 0.6) is 0 Å². The SMILES string of the molecule is CCCN1CCC(NCC(CC)(CC)CO)CC1. The van der Waals surface area contributed by atoms with Gasteiger partial charge in [-0.1, -0.05) is 20.8 Å². The smallest absolute Gasteiger partial charge is 0.0499 e. The van der Waals surface area contributed by atoms with Gasteiger partial charge in [-0.15, -0.1) is 0 Å². The number of piperidine rings is 1. The maximum atomic E-state index is 9.57. The van der Waals surface area contributed by atoms with E-state index in [9.17, 15) is 5.11 Å². The molecule has 3 heteroatoms. The maximum absolute atomic E-state index is 9.57. The summed E-state index contributed by atoms with van der Waals surface area (Å²) in [7, 11) is 0. The van der Waals surface area contributed by atoms with Crippen LogP contribution in [0.1, 0.15) is 52.9 Å². The molecule has 1 aliphatic rings. The Kier molecular flexibility index (Phi) is 7.20. The first kappa shape index (κ1) is 15.9. The van der Waals surface area contributed by atoms with Crippen LogP contribution in [-0.2, 0) is 0 Å². The molecule has 1 rings (SSSR count). The fraction of sp³-hybridized carbons (Fsp3) is 1.00. The highest BCUT2D eigenvalue weighted by atomic mass is 16.3. The average molecular weight is 256 g/mol. The second-order valence-corrected chi connectivity index (χ2v) is 5.86. The third kappa shape index (κ3) is 4.52. The van der Waals surface area contributed by atoms with E-state index in [4.69, 9.17) is 0 Å². The van der Waals surface area contributed by atoms with Crippen molar-refractivity contribution in [2.45, 2.75) is 58.9 Å². The van der Waals surface area contributed by atoms with Crippen LogP contribution in [-0.4, -0.2) is 48.8 Å². The first-order valence-electron chi connectivity index (χ1n) is 7.76. The molecule has 0 aromatic rings. The molecular weight excluding hydrogens is 224 g/mol. The summed E-state index contributed by atoms with van der Waals surface area (Å²) in [5.41, 5.74) is 0.0978. The van der Waals surface area contributed by atoms with Gasteiger partial charge < -0.3 is 15.3 Å². The van der Waals surface area contributed by atoms with Gasteiger partial charge in [-0.05, 0) is 51.7 Å². The molecule has 0 radical (unpaired) electrons. The van der Waals surface area contributed by atoms with E-state index in [0.29, 0.717) is 12.6 Å². The van der Waals surface area contributed by atoms with E-state index in [-0.39, 0.29) is 5.41 Å². The summed E-state index contributed by atoms with van der Waals surface area (Å²) < 4.78 is 0. The Bertz CT molecular complexity index is 200. The van der Waals surface area contributed by atoms with Gasteiger partial charge in [-0.3, -0.25) is 0 Å². The zero-order valence-corrected chi connectivity index (χ0v) is 12.5. The van der Waals surface area contributed by atoms with Gasteiger partial charge in [0.05, 0.1) is 0 Å². The minimum absolute atomic E-state index is 0.0978. The quantitative estimate of drug-likeness (QED) is 0.699. The zero-order chi connectivity index (χ0) is 13.4. The van der Waals surface area contributed by atoms with E-state index in [0.717, 1.165) is 19.4 Å². The second kappa shape index (κ2) is 8.13. The minimum atomic E-state index is 0.0978. The van der Waals surface area contributed by atoms with Crippen molar-refractivity contribution in [2.24, 2.45) is 5.41 Å². The van der Waals surface area contributed by atoms with E-state index >= 15 is 0 Å². The van der Waals surface area contributed by atoms with Gasteiger partial charge in [0.1, 0.15) is 0 Å². The van der Waals surface area contributed by atoms with Crippen LogP contribution >= 0.6 is 0 Å². The molecule has 2 N–H and O–H groups in total. The molecule has 0 amide bonds. The standard InChI is InChI=1S/C15H32N2O/c1-4-9-17-10-7-14(8-11-17)16-12-15(5-2,6-3)13-18/h14,16,18H,4-13H2,1-3H3. The lowest BCUT2D eigenvalue weighted by Crippen LogP contribution is -2.47. The Balaban J connectivity index is 2.28. The molecule has 3 nitrogen and oxygen atoms in total. The van der Waals surface area contributed by atoms with Crippen LogP contribution in [0, 0.1) is 5.41 Å². The highest BCUT2D eigenvalue weighted by Gasteiger charge is 2.27. The second-order valence-electron chi connectivity index (χ2n) is 5.86. The fourth-order valence-corrected chi connectivity index (χ4v) is 2.82. The summed E-state index contributed by atoms with van der Waals surface area (Å²) in [6.45, 7) is 11.6. The lowest BCUT2D eigenvalue weighted by Gasteiger charge is -2.36. The minimum Gasteiger partial charge on any atom is -0.396 e. The summed E-state index contributed by atoms with van der Waals surface area (Å²) in [6.07, 6.45) is 5.89. The lowest BCUT2D eigenvalue weighted by molar-refractivity contribution is 0.103. The Morgan fingerprint density at radius 1 is 1.17 bits per heavy atom. The molecule has 0 atom stereocenters. The number of likely N-dealkylation sites (tertiary alicyclic amines) is 1. The Morgan fingerprint density at radius 2 is 1.78 bits per heavy atom. The van der Waals surface area contributed by atoms with Gasteiger partial charge >= 0.3 is 0 Å². The number of rotatable bonds is 8. The number of aliphatic hydroxyl groups excluding tert-OH is 1. The van der Waals surface area contributed by atoms with Crippen molar-refractivity contribution in [1.82, 2.24) is 10.2 Å². The third-order valence-electron chi connectivity index (χ3n) is 4.73. The van der Waals surface area contributed by atoms with Crippen molar-refractivity contribution in [2.75, 3.05) is 32.8 Å². The molecule has 0 aromatic heterocycles. The van der Waals surface area contributed by atoms with Crippen LogP contribution in [0.4, 0.5) is 0 Å². The van der Waals surface area contributed by atoms with Crippen molar-refractivity contribution in [1.29, 1.82) is 0 Å². The molecule has 0 spiro atoms. The van der Waals surface area contributed by atoms with Crippen molar-refractivity contribution < 1.29 is 5.11 Å². The van der Waals surface area contributed by atoms with Gasteiger partial charge in [0.25, 0.3) is 0 Å². The molecule has 108 valence electrons. The highest BCUT2D eigenvalue weighted by Crippen LogP contribution is 2.25. The Hall–Kier alpha value is -0.120. The van der Waals surface area contributed by atoms with Crippen LogP contribution in [0.3, 0.4) is 0 Å². The van der Waals surface area contributed by atoms with Crippen molar-refractivity contribution in [3.05, 3.63) is 0 Å². The number of aliphatic hydroxyl groups is 1. The normalized spacial score (nSPS) is 19.3. The fourth-order valence-electron chi connectivity index (χ4n) is 2.82. The van der Waals surface area contributed by atoms with Gasteiger partial charge in [-0.25, -0.2) is 0 Å². The molecule has 1 fully saturated rings. The molecule has 18 heavy (non-hydrogen) atoms. The van der Waals surface area contributed by atoms with Gasteiger partial charge in [-0.2, -0.15) is 0 Å². The van der Waals surface area contributed by atoms with E-state index in [1.165, 1.54) is 38.9 Å². The topological polar surface area (TPSA) is 35.5 Å². The van der Waals surface area contributed by atoms with E-state index < -0.39 is 0 Å². The van der Waals surface area contributed by atoms with Gasteiger partial charge in [0, 0.05) is 24.6 Å². The molecule has 1 saturated heterocycles. The summed E-state index contributed by atoms with van der Waals surface area (Å²) >= 11 is 0. The molecule has 0 aromatic carbocycles. The molecular formula is C15H32N2O. The predicted octanol–water partition coefficient (Wildman–Crippen LogP) is 2.25. The summed E-state index contributed by atoms with van der Waals surface area (Å²) in [4.78, 5) is 2.57. The number of hydrogen-bond donors (Lipinski definition) is 2. The summed E-state index contributed by atoms with van der Waals surface area (Å²) in [6, 6.07) is 0.655. The first-order chi connectivity index (χ1) is 8.69. The molecule has 0 saturated carbocycles. The molecule has 0 unspecified atom stereocenters. The Morgan fingerprint density at radius 3 is 2.22 bits per heavy atom. The van der Waals surface area contributed by atoms with Crippen LogP contribution in [0.25, 0.3) is 0 Å². The largest absolute Gasteiger partial charge is 0.396 e. The van der Waals surface area contributed by atoms with Gasteiger partial charge in [0.2, 0.25) is 0 Å². The van der Waals surface area contributed by atoms with Crippen molar-refractivity contribution >= 4 is 0 Å². The lowest BCUT2D eigenvalue weighted by atomic mass is 9.83. The number of nitrogens with one attached hydrogen (secondary N) is 1. The average Bonchev–Trinajstić information content (AvgIpc) is 2.43. The Labute approximate surface area is 113 Å². The number of nitrogens with zero attached hydrogens (tertiary/aromatic N) is 1. The van der Waals surface area contributed by atoms with Gasteiger partial charge in [0.15, 0.2) is 0 Å². The maximum Gasteiger partial charge on any atom is 0.0499 e. The van der Waals surface area contributed by atoms with E-state index in [1.54, 1.807) is 0 Å².